The third-order valence-corrected chi connectivity index (χ3v) is 4.72. The molecular formula is C22H37N3O2. The van der Waals surface area contributed by atoms with Crippen molar-refractivity contribution in [3.8, 4) is 5.75 Å². The monoisotopic (exact) mass is 375 g/mol. The molecule has 2 rings (SSSR count). The van der Waals surface area contributed by atoms with Gasteiger partial charge in [0.05, 0.1) is 6.04 Å². The number of phenols is 1. The number of hydrogen-bond donors (Lipinski definition) is 3. The van der Waals surface area contributed by atoms with E-state index in [9.17, 15) is 4.79 Å². The van der Waals surface area contributed by atoms with Crippen molar-refractivity contribution in [2.24, 2.45) is 5.41 Å². The maximum Gasteiger partial charge on any atom is 0.240 e. The molecule has 1 fully saturated rings. The Balaban J connectivity index is 0.000000289. The second kappa shape index (κ2) is 11.0. The number of amides is 1. The molecule has 0 aliphatic carbocycles. The fourth-order valence-electron chi connectivity index (χ4n) is 3.25. The summed E-state index contributed by atoms with van der Waals surface area (Å²) in [4.78, 5) is 14.5. The lowest BCUT2D eigenvalue weighted by Crippen LogP contribution is -2.53. The highest BCUT2D eigenvalue weighted by Crippen LogP contribution is 2.25. The maximum absolute atomic E-state index is 12.5. The molecule has 5 nitrogen and oxygen atoms in total. The minimum Gasteiger partial charge on any atom is -0.508 e. The summed E-state index contributed by atoms with van der Waals surface area (Å²) in [7, 11) is 0. The molecule has 0 bridgehead atoms. The number of nitrogens with zero attached hydrogens (tertiary/aromatic N) is 1. The molecule has 1 aromatic rings. The zero-order valence-corrected chi connectivity index (χ0v) is 17.6. The van der Waals surface area contributed by atoms with E-state index in [-0.39, 0.29) is 17.4 Å². The summed E-state index contributed by atoms with van der Waals surface area (Å²) in [6.07, 6.45) is 3.93. The lowest BCUT2D eigenvalue weighted by Gasteiger charge is -2.35. The van der Waals surface area contributed by atoms with Crippen LogP contribution in [0, 0.1) is 5.41 Å². The SMILES string of the molecule is C=CNCc1cccc(O)c1.CCNC(C(=O)N1CCCC1C)C(C)(C)C. The zero-order chi connectivity index (χ0) is 20.4. The van der Waals surface area contributed by atoms with E-state index in [1.165, 1.54) is 0 Å². The van der Waals surface area contributed by atoms with Crippen molar-refractivity contribution in [3.63, 3.8) is 0 Å². The van der Waals surface area contributed by atoms with Gasteiger partial charge in [0.25, 0.3) is 0 Å². The van der Waals surface area contributed by atoms with Crippen LogP contribution in [0.15, 0.2) is 37.0 Å². The lowest BCUT2D eigenvalue weighted by molar-refractivity contribution is -0.136. The summed E-state index contributed by atoms with van der Waals surface area (Å²) in [5.41, 5.74) is 1.03. The van der Waals surface area contributed by atoms with Gasteiger partial charge in [-0.3, -0.25) is 4.79 Å². The van der Waals surface area contributed by atoms with E-state index in [1.807, 2.05) is 17.0 Å². The summed E-state index contributed by atoms with van der Waals surface area (Å²) in [5, 5.41) is 15.3. The summed E-state index contributed by atoms with van der Waals surface area (Å²) in [5.74, 6) is 0.577. The molecule has 2 atom stereocenters. The first kappa shape index (κ1) is 23.0. The summed E-state index contributed by atoms with van der Waals surface area (Å²) < 4.78 is 0. The summed E-state index contributed by atoms with van der Waals surface area (Å²) in [6, 6.07) is 7.48. The molecular weight excluding hydrogens is 338 g/mol. The van der Waals surface area contributed by atoms with E-state index in [4.69, 9.17) is 5.11 Å². The van der Waals surface area contributed by atoms with Gasteiger partial charge in [-0.25, -0.2) is 0 Å². The molecule has 152 valence electrons. The molecule has 5 heteroatoms. The van der Waals surface area contributed by atoms with Gasteiger partial charge in [-0.05, 0) is 55.6 Å². The number of phenolic OH excluding ortho intramolecular Hbond substituents is 1. The Morgan fingerprint density at radius 2 is 2.15 bits per heavy atom. The van der Waals surface area contributed by atoms with Gasteiger partial charge in [0, 0.05) is 19.1 Å². The summed E-state index contributed by atoms with van der Waals surface area (Å²) >= 11 is 0. The first-order chi connectivity index (χ1) is 12.7. The number of hydrogen-bond acceptors (Lipinski definition) is 4. The third-order valence-electron chi connectivity index (χ3n) is 4.72. The van der Waals surface area contributed by atoms with Crippen molar-refractivity contribution in [2.45, 2.75) is 66.1 Å². The first-order valence-corrected chi connectivity index (χ1v) is 9.86. The molecule has 2 unspecified atom stereocenters. The molecule has 0 aromatic heterocycles. The van der Waals surface area contributed by atoms with Gasteiger partial charge in [0.15, 0.2) is 0 Å². The van der Waals surface area contributed by atoms with Crippen molar-refractivity contribution in [1.29, 1.82) is 0 Å². The molecule has 27 heavy (non-hydrogen) atoms. The minimum absolute atomic E-state index is 0.0184. The van der Waals surface area contributed by atoms with Crippen molar-refractivity contribution >= 4 is 5.91 Å². The normalized spacial score (nSPS) is 17.7. The van der Waals surface area contributed by atoms with Crippen LogP contribution < -0.4 is 10.6 Å². The first-order valence-electron chi connectivity index (χ1n) is 9.86. The number of carbonyl (C=O) groups is 1. The average molecular weight is 376 g/mol. The largest absolute Gasteiger partial charge is 0.508 e. The minimum atomic E-state index is -0.0574. The van der Waals surface area contributed by atoms with Crippen LogP contribution >= 0.6 is 0 Å². The second-order valence-electron chi connectivity index (χ2n) is 8.13. The number of rotatable bonds is 6. The van der Waals surface area contributed by atoms with Crippen LogP contribution in [-0.2, 0) is 11.3 Å². The summed E-state index contributed by atoms with van der Waals surface area (Å²) in [6.45, 7) is 16.6. The fraction of sp³-hybridized carbons (Fsp3) is 0.591. The Bertz CT molecular complexity index is 595. The van der Waals surface area contributed by atoms with Gasteiger partial charge >= 0.3 is 0 Å². The number of carbonyl (C=O) groups excluding carboxylic acids is 1. The predicted octanol–water partition coefficient (Wildman–Crippen LogP) is 3.65. The molecule has 1 saturated heterocycles. The molecule has 1 amide bonds. The third kappa shape index (κ3) is 7.63. The van der Waals surface area contributed by atoms with Crippen molar-refractivity contribution in [1.82, 2.24) is 15.5 Å². The predicted molar refractivity (Wildman–Crippen MR) is 112 cm³/mol. The fourth-order valence-corrected chi connectivity index (χ4v) is 3.25. The van der Waals surface area contributed by atoms with Crippen molar-refractivity contribution < 1.29 is 9.90 Å². The molecule has 1 aliphatic rings. The van der Waals surface area contributed by atoms with Gasteiger partial charge in [0.2, 0.25) is 5.91 Å². The second-order valence-corrected chi connectivity index (χ2v) is 8.13. The van der Waals surface area contributed by atoms with Crippen LogP contribution in [0.25, 0.3) is 0 Å². The van der Waals surface area contributed by atoms with Crippen LogP contribution in [0.4, 0.5) is 0 Å². The highest BCUT2D eigenvalue weighted by Gasteiger charge is 2.36. The Hall–Kier alpha value is -2.01. The zero-order valence-electron chi connectivity index (χ0n) is 17.6. The molecule has 0 radical (unpaired) electrons. The number of likely N-dealkylation sites (N-methyl/N-ethyl adjacent to an activating group) is 1. The number of aromatic hydroxyl groups is 1. The van der Waals surface area contributed by atoms with Gasteiger partial charge in [-0.15, -0.1) is 0 Å². The van der Waals surface area contributed by atoms with E-state index in [2.05, 4.69) is 51.8 Å². The number of likely N-dealkylation sites (tertiary alicyclic amines) is 1. The molecule has 1 heterocycles. The van der Waals surface area contributed by atoms with Gasteiger partial charge in [0.1, 0.15) is 5.75 Å². The lowest BCUT2D eigenvalue weighted by atomic mass is 9.85. The standard InChI is InChI=1S/C13H26N2O.C9H11NO/c1-6-14-11(13(3,4)5)12(16)15-9-7-8-10(15)2;1-2-10-7-8-4-3-5-9(11)6-8/h10-11,14H,6-9H2,1-5H3;2-6,10-11H,1,7H2. The van der Waals surface area contributed by atoms with Crippen molar-refractivity contribution in [2.75, 3.05) is 13.1 Å². The van der Waals surface area contributed by atoms with Gasteiger partial charge in [-0.1, -0.05) is 46.4 Å². The average Bonchev–Trinajstić information content (AvgIpc) is 3.03. The number of nitrogens with one attached hydrogen (secondary N) is 2. The Kier molecular flexibility index (Phi) is 9.36. The van der Waals surface area contributed by atoms with E-state index < -0.39 is 0 Å². The van der Waals surface area contributed by atoms with E-state index in [0.717, 1.165) is 31.5 Å². The Labute approximate surface area is 164 Å². The Morgan fingerprint density at radius 1 is 1.44 bits per heavy atom. The number of benzene rings is 1. The van der Waals surface area contributed by atoms with Crippen LogP contribution in [0.3, 0.4) is 0 Å². The smallest absolute Gasteiger partial charge is 0.240 e. The van der Waals surface area contributed by atoms with E-state index in [1.54, 1.807) is 18.3 Å². The maximum atomic E-state index is 12.5. The van der Waals surface area contributed by atoms with E-state index in [0.29, 0.717) is 18.3 Å². The van der Waals surface area contributed by atoms with Crippen LogP contribution in [0.5, 0.6) is 5.75 Å². The van der Waals surface area contributed by atoms with Crippen LogP contribution in [0.1, 0.15) is 53.0 Å². The highest BCUT2D eigenvalue weighted by molar-refractivity contribution is 5.83. The van der Waals surface area contributed by atoms with E-state index >= 15 is 0 Å². The molecule has 1 aromatic carbocycles. The topological polar surface area (TPSA) is 64.6 Å². The van der Waals surface area contributed by atoms with Gasteiger partial charge in [-0.2, -0.15) is 0 Å². The van der Waals surface area contributed by atoms with Crippen LogP contribution in [0.2, 0.25) is 0 Å². The molecule has 0 spiro atoms. The Morgan fingerprint density at radius 3 is 2.63 bits per heavy atom. The highest BCUT2D eigenvalue weighted by atomic mass is 16.3. The van der Waals surface area contributed by atoms with Crippen molar-refractivity contribution in [3.05, 3.63) is 42.6 Å². The van der Waals surface area contributed by atoms with Crippen LogP contribution in [-0.4, -0.2) is 41.1 Å². The molecule has 3 N–H and O–H groups in total. The quantitative estimate of drug-likeness (QED) is 0.710. The van der Waals surface area contributed by atoms with Gasteiger partial charge < -0.3 is 20.6 Å². The molecule has 1 aliphatic heterocycles. The molecule has 0 saturated carbocycles.